The van der Waals surface area contributed by atoms with E-state index < -0.39 is 0 Å². The molecule has 1 aliphatic rings. The first-order valence-corrected chi connectivity index (χ1v) is 7.63. The number of benzene rings is 2. The zero-order valence-corrected chi connectivity index (χ0v) is 13.0. The van der Waals surface area contributed by atoms with Crippen LogP contribution in [0, 0.1) is 0 Å². The van der Waals surface area contributed by atoms with E-state index in [9.17, 15) is 9.59 Å². The summed E-state index contributed by atoms with van der Waals surface area (Å²) in [5, 5.41) is 5.52. The monoisotopic (exact) mass is 309 g/mol. The number of hydrogen-bond acceptors (Lipinski definition) is 2. The number of carbonyl (C=O) groups is 2. The van der Waals surface area contributed by atoms with Crippen molar-refractivity contribution in [1.29, 1.82) is 0 Å². The minimum atomic E-state index is -0.133. The minimum Gasteiger partial charge on any atom is -0.355 e. The van der Waals surface area contributed by atoms with Crippen LogP contribution in [0.1, 0.15) is 21.5 Å². The third-order valence-electron chi connectivity index (χ3n) is 3.99. The van der Waals surface area contributed by atoms with Gasteiger partial charge in [-0.25, -0.2) is 4.79 Å². The minimum absolute atomic E-state index is 0.111. The van der Waals surface area contributed by atoms with Crippen molar-refractivity contribution in [3.63, 3.8) is 0 Å². The van der Waals surface area contributed by atoms with Gasteiger partial charge in [-0.2, -0.15) is 0 Å². The Balaban J connectivity index is 1.65. The van der Waals surface area contributed by atoms with Crippen LogP contribution < -0.4 is 15.5 Å². The molecule has 5 heteroatoms. The van der Waals surface area contributed by atoms with E-state index in [1.54, 1.807) is 24.1 Å². The summed E-state index contributed by atoms with van der Waals surface area (Å²) in [6.07, 6.45) is 0.885. The first-order chi connectivity index (χ1) is 11.2. The summed E-state index contributed by atoms with van der Waals surface area (Å²) in [7, 11) is 1.60. The lowest BCUT2D eigenvalue weighted by Crippen LogP contribution is -2.38. The van der Waals surface area contributed by atoms with Crippen LogP contribution in [0.5, 0.6) is 0 Å². The van der Waals surface area contributed by atoms with Gasteiger partial charge in [0.25, 0.3) is 5.91 Å². The number of rotatable bonds is 3. The van der Waals surface area contributed by atoms with Gasteiger partial charge in [0.1, 0.15) is 0 Å². The first kappa shape index (κ1) is 15.1. The third kappa shape index (κ3) is 3.18. The Morgan fingerprint density at radius 1 is 1.13 bits per heavy atom. The maximum atomic E-state index is 12.4. The molecule has 0 spiro atoms. The molecule has 0 fully saturated rings. The lowest BCUT2D eigenvalue weighted by atomic mass is 10.1. The molecule has 2 aromatic rings. The van der Waals surface area contributed by atoms with E-state index in [4.69, 9.17) is 0 Å². The standard InChI is InChI=1S/C18H19N3O2/c1-19-17(22)15-7-4-5-13(11-15)12-20-18(23)21-10-9-14-6-2-3-8-16(14)21/h2-8,11H,9-10,12H2,1H3,(H,19,22)(H,20,23). The maximum Gasteiger partial charge on any atom is 0.322 e. The van der Waals surface area contributed by atoms with Gasteiger partial charge in [0.15, 0.2) is 0 Å². The molecule has 2 aromatic carbocycles. The van der Waals surface area contributed by atoms with E-state index >= 15 is 0 Å². The normalized spacial score (nSPS) is 12.7. The van der Waals surface area contributed by atoms with Crippen LogP contribution in [0.15, 0.2) is 48.5 Å². The van der Waals surface area contributed by atoms with Gasteiger partial charge in [-0.3, -0.25) is 9.69 Å². The Kier molecular flexibility index (Phi) is 4.28. The van der Waals surface area contributed by atoms with Crippen molar-refractivity contribution in [3.8, 4) is 0 Å². The lowest BCUT2D eigenvalue weighted by molar-refractivity contribution is 0.0963. The summed E-state index contributed by atoms with van der Waals surface area (Å²) in [6, 6.07) is 15.1. The molecule has 0 saturated heterocycles. The van der Waals surface area contributed by atoms with Gasteiger partial charge in [0.2, 0.25) is 0 Å². The highest BCUT2D eigenvalue weighted by Crippen LogP contribution is 2.27. The topological polar surface area (TPSA) is 61.4 Å². The van der Waals surface area contributed by atoms with Crippen molar-refractivity contribution in [1.82, 2.24) is 10.6 Å². The lowest BCUT2D eigenvalue weighted by Gasteiger charge is -2.18. The molecule has 1 aliphatic heterocycles. The van der Waals surface area contributed by atoms with Gasteiger partial charge in [-0.15, -0.1) is 0 Å². The van der Waals surface area contributed by atoms with Crippen molar-refractivity contribution in [2.45, 2.75) is 13.0 Å². The molecule has 5 nitrogen and oxygen atoms in total. The summed E-state index contributed by atoms with van der Waals surface area (Å²) < 4.78 is 0. The van der Waals surface area contributed by atoms with E-state index in [2.05, 4.69) is 16.7 Å². The second-order valence-corrected chi connectivity index (χ2v) is 5.47. The molecule has 23 heavy (non-hydrogen) atoms. The summed E-state index contributed by atoms with van der Waals surface area (Å²) in [5.74, 6) is -0.133. The molecular weight excluding hydrogens is 290 g/mol. The molecule has 118 valence electrons. The van der Waals surface area contributed by atoms with E-state index in [0.717, 1.165) is 17.7 Å². The van der Waals surface area contributed by atoms with Gasteiger partial charge in [0, 0.05) is 31.4 Å². The quantitative estimate of drug-likeness (QED) is 0.914. The van der Waals surface area contributed by atoms with Gasteiger partial charge in [-0.05, 0) is 35.7 Å². The average molecular weight is 309 g/mol. The molecular formula is C18H19N3O2. The zero-order valence-electron chi connectivity index (χ0n) is 13.0. The number of nitrogens with zero attached hydrogens (tertiary/aromatic N) is 1. The second kappa shape index (κ2) is 6.52. The summed E-state index contributed by atoms with van der Waals surface area (Å²) >= 11 is 0. The van der Waals surface area contributed by atoms with Crippen LogP contribution in [0.25, 0.3) is 0 Å². The van der Waals surface area contributed by atoms with Gasteiger partial charge in [0.05, 0.1) is 0 Å². The highest BCUT2D eigenvalue weighted by Gasteiger charge is 2.23. The Morgan fingerprint density at radius 3 is 2.78 bits per heavy atom. The van der Waals surface area contributed by atoms with Crippen LogP contribution >= 0.6 is 0 Å². The molecule has 0 aromatic heterocycles. The number of hydrogen-bond donors (Lipinski definition) is 2. The molecule has 0 saturated carbocycles. The highest BCUT2D eigenvalue weighted by atomic mass is 16.2. The van der Waals surface area contributed by atoms with E-state index in [0.29, 0.717) is 18.7 Å². The van der Waals surface area contributed by atoms with Crippen molar-refractivity contribution in [3.05, 3.63) is 65.2 Å². The predicted octanol–water partition coefficient (Wildman–Crippen LogP) is 2.32. The smallest absolute Gasteiger partial charge is 0.322 e. The molecule has 3 amide bonds. The van der Waals surface area contributed by atoms with Gasteiger partial charge in [-0.1, -0.05) is 30.3 Å². The summed E-state index contributed by atoms with van der Waals surface area (Å²) in [5.41, 5.74) is 3.66. The van der Waals surface area contributed by atoms with E-state index in [1.165, 1.54) is 5.56 Å². The van der Waals surface area contributed by atoms with Crippen LogP contribution in [-0.2, 0) is 13.0 Å². The molecule has 0 atom stereocenters. The fourth-order valence-corrected chi connectivity index (χ4v) is 2.79. The molecule has 3 rings (SSSR count). The average Bonchev–Trinajstić information content (AvgIpc) is 3.03. The Morgan fingerprint density at radius 2 is 1.96 bits per heavy atom. The van der Waals surface area contributed by atoms with Crippen LogP contribution in [-0.4, -0.2) is 25.5 Å². The Hall–Kier alpha value is -2.82. The molecule has 0 aliphatic carbocycles. The Labute approximate surface area is 135 Å². The predicted molar refractivity (Wildman–Crippen MR) is 89.6 cm³/mol. The summed E-state index contributed by atoms with van der Waals surface area (Å²) in [6.45, 7) is 1.09. The number of anilines is 1. The molecule has 0 radical (unpaired) electrons. The number of fused-ring (bicyclic) bond motifs is 1. The highest BCUT2D eigenvalue weighted by molar-refractivity contribution is 5.95. The Bertz CT molecular complexity index is 743. The second-order valence-electron chi connectivity index (χ2n) is 5.47. The number of para-hydroxylation sites is 1. The van der Waals surface area contributed by atoms with E-state index in [1.807, 2.05) is 30.3 Å². The molecule has 2 N–H and O–H groups in total. The third-order valence-corrected chi connectivity index (χ3v) is 3.99. The van der Waals surface area contributed by atoms with Crippen LogP contribution in [0.2, 0.25) is 0 Å². The SMILES string of the molecule is CNC(=O)c1cccc(CNC(=O)N2CCc3ccccc32)c1. The van der Waals surface area contributed by atoms with Crippen molar-refractivity contribution in [2.75, 3.05) is 18.5 Å². The molecule has 1 heterocycles. The van der Waals surface area contributed by atoms with Gasteiger partial charge >= 0.3 is 6.03 Å². The van der Waals surface area contributed by atoms with Crippen molar-refractivity contribution < 1.29 is 9.59 Å². The summed E-state index contributed by atoms with van der Waals surface area (Å²) in [4.78, 5) is 25.8. The van der Waals surface area contributed by atoms with E-state index in [-0.39, 0.29) is 11.9 Å². The molecule has 0 unspecified atom stereocenters. The molecule has 0 bridgehead atoms. The van der Waals surface area contributed by atoms with Crippen LogP contribution in [0.3, 0.4) is 0 Å². The maximum absolute atomic E-state index is 12.4. The largest absolute Gasteiger partial charge is 0.355 e. The van der Waals surface area contributed by atoms with Crippen LogP contribution in [0.4, 0.5) is 10.5 Å². The van der Waals surface area contributed by atoms with Crippen molar-refractivity contribution in [2.24, 2.45) is 0 Å². The number of carbonyl (C=O) groups excluding carboxylic acids is 2. The number of urea groups is 1. The van der Waals surface area contributed by atoms with Crippen molar-refractivity contribution >= 4 is 17.6 Å². The van der Waals surface area contributed by atoms with Gasteiger partial charge < -0.3 is 10.6 Å². The number of nitrogens with one attached hydrogen (secondary N) is 2. The zero-order chi connectivity index (χ0) is 16.2. The first-order valence-electron chi connectivity index (χ1n) is 7.63. The number of amides is 3. The fraction of sp³-hybridized carbons (Fsp3) is 0.222. The fourth-order valence-electron chi connectivity index (χ4n) is 2.79.